The standard InChI is InChI=1S/C24H20N4O3/c29-23(27-13-7-12-20(27)24(30)31)18-15-25-28-21(17-10-5-2-6-11-17)14-19(26-22(18)28)16-8-3-1-4-9-16/h1-6,8-11,14-15,20H,7,12-13H2,(H,30,31)/t20-/m0/s1. The molecule has 0 aliphatic carbocycles. The molecule has 0 bridgehead atoms. The van der Waals surface area contributed by atoms with Gasteiger partial charge in [-0.2, -0.15) is 5.10 Å². The van der Waals surface area contributed by atoms with Crippen molar-refractivity contribution >= 4 is 17.5 Å². The van der Waals surface area contributed by atoms with Gasteiger partial charge in [-0.1, -0.05) is 60.7 Å². The van der Waals surface area contributed by atoms with Gasteiger partial charge in [0.2, 0.25) is 0 Å². The van der Waals surface area contributed by atoms with Crippen LogP contribution in [0.4, 0.5) is 0 Å². The summed E-state index contributed by atoms with van der Waals surface area (Å²) in [6.45, 7) is 0.414. The number of benzene rings is 2. The highest BCUT2D eigenvalue weighted by Crippen LogP contribution is 2.29. The number of rotatable bonds is 4. The molecule has 0 unspecified atom stereocenters. The van der Waals surface area contributed by atoms with Crippen molar-refractivity contribution in [3.63, 3.8) is 0 Å². The average Bonchev–Trinajstić information content (AvgIpc) is 3.47. The van der Waals surface area contributed by atoms with Crippen molar-refractivity contribution < 1.29 is 14.7 Å². The number of hydrogen-bond donors (Lipinski definition) is 1. The number of carbonyl (C=O) groups is 2. The topological polar surface area (TPSA) is 87.8 Å². The third-order valence-electron chi connectivity index (χ3n) is 5.64. The monoisotopic (exact) mass is 412 g/mol. The summed E-state index contributed by atoms with van der Waals surface area (Å²) in [6.07, 6.45) is 2.61. The first-order valence-electron chi connectivity index (χ1n) is 10.2. The van der Waals surface area contributed by atoms with Gasteiger partial charge < -0.3 is 10.0 Å². The zero-order chi connectivity index (χ0) is 21.4. The lowest BCUT2D eigenvalue weighted by Crippen LogP contribution is -2.40. The lowest BCUT2D eigenvalue weighted by atomic mass is 10.1. The minimum absolute atomic E-state index is 0.308. The smallest absolute Gasteiger partial charge is 0.326 e. The second-order valence-electron chi connectivity index (χ2n) is 7.55. The van der Waals surface area contributed by atoms with Crippen LogP contribution in [0, 0.1) is 0 Å². The maximum atomic E-state index is 13.3. The van der Waals surface area contributed by atoms with E-state index in [-0.39, 0.29) is 5.91 Å². The molecule has 1 atom stereocenters. The van der Waals surface area contributed by atoms with Crippen LogP contribution in [0.3, 0.4) is 0 Å². The van der Waals surface area contributed by atoms with E-state index in [1.807, 2.05) is 66.7 Å². The van der Waals surface area contributed by atoms with E-state index in [1.54, 1.807) is 4.52 Å². The van der Waals surface area contributed by atoms with Gasteiger partial charge in [-0.15, -0.1) is 0 Å². The molecule has 2 aromatic heterocycles. The fourth-order valence-corrected chi connectivity index (χ4v) is 4.11. The van der Waals surface area contributed by atoms with Crippen molar-refractivity contribution in [2.45, 2.75) is 18.9 Å². The predicted octanol–water partition coefficient (Wildman–Crippen LogP) is 3.75. The molecule has 0 radical (unpaired) electrons. The third-order valence-corrected chi connectivity index (χ3v) is 5.64. The van der Waals surface area contributed by atoms with E-state index in [1.165, 1.54) is 11.1 Å². The second kappa shape index (κ2) is 7.68. The van der Waals surface area contributed by atoms with Gasteiger partial charge in [-0.3, -0.25) is 4.79 Å². The molecule has 154 valence electrons. The summed E-state index contributed by atoms with van der Waals surface area (Å²) in [5.41, 5.74) is 4.12. The molecule has 7 nitrogen and oxygen atoms in total. The fraction of sp³-hybridized carbons (Fsp3) is 0.167. The van der Waals surface area contributed by atoms with Crippen LogP contribution < -0.4 is 0 Å². The number of likely N-dealkylation sites (tertiary alicyclic amines) is 1. The van der Waals surface area contributed by atoms with Crippen LogP contribution in [-0.4, -0.2) is 49.1 Å². The zero-order valence-electron chi connectivity index (χ0n) is 16.7. The molecule has 0 saturated carbocycles. The lowest BCUT2D eigenvalue weighted by molar-refractivity contribution is -0.141. The minimum atomic E-state index is -0.981. The molecule has 1 fully saturated rings. The molecule has 1 saturated heterocycles. The van der Waals surface area contributed by atoms with Crippen LogP contribution >= 0.6 is 0 Å². The molecular formula is C24H20N4O3. The molecule has 1 N–H and O–H groups in total. The van der Waals surface area contributed by atoms with E-state index in [4.69, 9.17) is 4.98 Å². The first-order valence-corrected chi connectivity index (χ1v) is 10.2. The fourth-order valence-electron chi connectivity index (χ4n) is 4.11. The highest BCUT2D eigenvalue weighted by Gasteiger charge is 2.36. The number of hydrogen-bond acceptors (Lipinski definition) is 4. The van der Waals surface area contributed by atoms with E-state index in [0.717, 1.165) is 22.5 Å². The van der Waals surface area contributed by atoms with E-state index in [9.17, 15) is 14.7 Å². The van der Waals surface area contributed by atoms with Crippen molar-refractivity contribution in [1.29, 1.82) is 0 Å². The Labute approximate surface area is 178 Å². The molecule has 7 heteroatoms. The Morgan fingerprint density at radius 2 is 1.65 bits per heavy atom. The molecule has 1 aliphatic rings. The number of carboxylic acid groups (broad SMARTS) is 1. The minimum Gasteiger partial charge on any atom is -0.480 e. The Hall–Kier alpha value is -4.00. The SMILES string of the molecule is O=C(O)[C@@H]1CCCN1C(=O)c1cnn2c(-c3ccccc3)cc(-c3ccccc3)nc12. The summed E-state index contributed by atoms with van der Waals surface area (Å²) >= 11 is 0. The largest absolute Gasteiger partial charge is 0.480 e. The molecule has 4 aromatic rings. The van der Waals surface area contributed by atoms with Crippen LogP contribution in [0.1, 0.15) is 23.2 Å². The zero-order valence-corrected chi connectivity index (χ0v) is 16.7. The van der Waals surface area contributed by atoms with Crippen molar-refractivity contribution in [3.05, 3.63) is 78.5 Å². The molecule has 1 amide bonds. The van der Waals surface area contributed by atoms with Gasteiger partial charge in [0.05, 0.1) is 17.6 Å². The van der Waals surface area contributed by atoms with Gasteiger partial charge in [0.1, 0.15) is 11.6 Å². The molecule has 5 rings (SSSR count). The highest BCUT2D eigenvalue weighted by molar-refractivity contribution is 6.02. The average molecular weight is 412 g/mol. The maximum absolute atomic E-state index is 13.3. The van der Waals surface area contributed by atoms with Crippen LogP contribution in [0.2, 0.25) is 0 Å². The molecule has 1 aliphatic heterocycles. The van der Waals surface area contributed by atoms with E-state index in [2.05, 4.69) is 5.10 Å². The summed E-state index contributed by atoms with van der Waals surface area (Å²) < 4.78 is 1.65. The molecular weight excluding hydrogens is 392 g/mol. The molecule has 31 heavy (non-hydrogen) atoms. The number of carboxylic acids is 1. The summed E-state index contributed by atoms with van der Waals surface area (Å²) in [5, 5.41) is 13.9. The van der Waals surface area contributed by atoms with Crippen molar-refractivity contribution in [2.24, 2.45) is 0 Å². The van der Waals surface area contributed by atoms with Gasteiger partial charge in [0.25, 0.3) is 5.91 Å². The van der Waals surface area contributed by atoms with Crippen molar-refractivity contribution in [3.8, 4) is 22.5 Å². The van der Waals surface area contributed by atoms with Crippen LogP contribution in [0.15, 0.2) is 72.9 Å². The Bertz CT molecular complexity index is 1270. The first kappa shape index (κ1) is 19.0. The molecule has 2 aromatic carbocycles. The van der Waals surface area contributed by atoms with E-state index in [0.29, 0.717) is 30.6 Å². The normalized spacial score (nSPS) is 16.0. The molecule has 0 spiro atoms. The number of aromatic nitrogens is 3. The van der Waals surface area contributed by atoms with Crippen molar-refractivity contribution in [1.82, 2.24) is 19.5 Å². The predicted molar refractivity (Wildman–Crippen MR) is 116 cm³/mol. The summed E-state index contributed by atoms with van der Waals surface area (Å²) in [7, 11) is 0. The van der Waals surface area contributed by atoms with Gasteiger partial charge in [-0.25, -0.2) is 14.3 Å². The second-order valence-corrected chi connectivity index (χ2v) is 7.55. The van der Waals surface area contributed by atoms with E-state index < -0.39 is 12.0 Å². The number of aliphatic carboxylic acids is 1. The van der Waals surface area contributed by atoms with Crippen LogP contribution in [0.5, 0.6) is 0 Å². The summed E-state index contributed by atoms with van der Waals surface area (Å²) in [5.74, 6) is -1.33. The Morgan fingerprint density at radius 1 is 0.968 bits per heavy atom. The van der Waals surface area contributed by atoms with Gasteiger partial charge in [0, 0.05) is 17.7 Å². The van der Waals surface area contributed by atoms with Gasteiger partial charge in [-0.05, 0) is 18.9 Å². The van der Waals surface area contributed by atoms with E-state index >= 15 is 0 Å². The number of fused-ring (bicyclic) bond motifs is 1. The number of nitrogens with zero attached hydrogens (tertiary/aromatic N) is 4. The summed E-state index contributed by atoms with van der Waals surface area (Å²) in [6, 6.07) is 20.7. The van der Waals surface area contributed by atoms with Crippen LogP contribution in [0.25, 0.3) is 28.2 Å². The lowest BCUT2D eigenvalue weighted by Gasteiger charge is -2.20. The van der Waals surface area contributed by atoms with Crippen LogP contribution in [-0.2, 0) is 4.79 Å². The number of amides is 1. The summed E-state index contributed by atoms with van der Waals surface area (Å²) in [4.78, 5) is 31.1. The maximum Gasteiger partial charge on any atom is 0.326 e. The Kier molecular flexibility index (Phi) is 4.71. The first-order chi connectivity index (χ1) is 15.1. The molecule has 3 heterocycles. The highest BCUT2D eigenvalue weighted by atomic mass is 16.4. The van der Waals surface area contributed by atoms with Crippen molar-refractivity contribution in [2.75, 3.05) is 6.54 Å². The number of carbonyl (C=O) groups excluding carboxylic acids is 1. The third kappa shape index (κ3) is 3.34. The Morgan fingerprint density at radius 3 is 2.32 bits per heavy atom. The van der Waals surface area contributed by atoms with Gasteiger partial charge >= 0.3 is 5.97 Å². The Balaban J connectivity index is 1.69. The quantitative estimate of drug-likeness (QED) is 0.552. The van der Waals surface area contributed by atoms with Gasteiger partial charge in [0.15, 0.2) is 5.65 Å².